The van der Waals surface area contributed by atoms with E-state index in [4.69, 9.17) is 9.47 Å². The number of amides is 1. The average Bonchev–Trinajstić information content (AvgIpc) is 3.21. The van der Waals surface area contributed by atoms with Crippen LogP contribution < -0.4 is 0 Å². The Labute approximate surface area is 116 Å². The highest BCUT2D eigenvalue weighted by Crippen LogP contribution is 2.14. The first kappa shape index (κ1) is 14.6. The van der Waals surface area contributed by atoms with Crippen LogP contribution in [0.15, 0.2) is 0 Å². The SMILES string of the molecule is O=C(OCC1CO1)N1CCCCCCCCCCC1. The van der Waals surface area contributed by atoms with Gasteiger partial charge in [-0.1, -0.05) is 44.9 Å². The van der Waals surface area contributed by atoms with Gasteiger partial charge in [-0.05, 0) is 12.8 Å². The molecule has 1 amide bonds. The third-order valence-electron chi connectivity index (χ3n) is 3.91. The fourth-order valence-electron chi connectivity index (χ4n) is 2.56. The third-order valence-corrected chi connectivity index (χ3v) is 3.91. The van der Waals surface area contributed by atoms with Crippen LogP contribution in [0.5, 0.6) is 0 Å². The summed E-state index contributed by atoms with van der Waals surface area (Å²) in [6.07, 6.45) is 11.4. The molecule has 1 atom stereocenters. The minimum atomic E-state index is -0.146. The number of epoxide rings is 1. The molecule has 0 aromatic rings. The highest BCUT2D eigenvalue weighted by Gasteiger charge is 2.25. The predicted molar refractivity (Wildman–Crippen MR) is 74.2 cm³/mol. The van der Waals surface area contributed by atoms with Gasteiger partial charge in [-0.2, -0.15) is 0 Å². The zero-order valence-corrected chi connectivity index (χ0v) is 11.9. The number of nitrogens with zero attached hydrogens (tertiary/aromatic N) is 1. The molecule has 19 heavy (non-hydrogen) atoms. The highest BCUT2D eigenvalue weighted by molar-refractivity contribution is 5.67. The number of hydrogen-bond donors (Lipinski definition) is 0. The first-order chi connectivity index (χ1) is 9.36. The first-order valence-corrected chi connectivity index (χ1v) is 7.89. The van der Waals surface area contributed by atoms with E-state index in [2.05, 4.69) is 0 Å². The molecule has 0 radical (unpaired) electrons. The molecule has 0 aromatic carbocycles. The molecule has 2 saturated heterocycles. The second-order valence-electron chi connectivity index (χ2n) is 5.70. The van der Waals surface area contributed by atoms with Gasteiger partial charge in [0.25, 0.3) is 0 Å². The van der Waals surface area contributed by atoms with Crippen LogP contribution in [-0.4, -0.2) is 43.4 Å². The molecule has 0 aromatic heterocycles. The van der Waals surface area contributed by atoms with Crippen LogP contribution in [0.3, 0.4) is 0 Å². The van der Waals surface area contributed by atoms with Crippen LogP contribution in [0, 0.1) is 0 Å². The number of hydrogen-bond acceptors (Lipinski definition) is 3. The molecule has 0 N–H and O–H groups in total. The maximum atomic E-state index is 12.0. The van der Waals surface area contributed by atoms with Crippen molar-refractivity contribution in [2.75, 3.05) is 26.3 Å². The number of ether oxygens (including phenoxy) is 2. The van der Waals surface area contributed by atoms with Gasteiger partial charge in [-0.25, -0.2) is 4.79 Å². The lowest BCUT2D eigenvalue weighted by molar-refractivity contribution is 0.0937. The Balaban J connectivity index is 1.71. The van der Waals surface area contributed by atoms with Gasteiger partial charge in [0, 0.05) is 13.1 Å². The lowest BCUT2D eigenvalue weighted by atomic mass is 10.1. The van der Waals surface area contributed by atoms with Crippen molar-refractivity contribution in [2.24, 2.45) is 0 Å². The van der Waals surface area contributed by atoms with Crippen LogP contribution in [0.25, 0.3) is 0 Å². The summed E-state index contributed by atoms with van der Waals surface area (Å²) >= 11 is 0. The minimum absolute atomic E-state index is 0.146. The molecule has 2 aliphatic rings. The zero-order chi connectivity index (χ0) is 13.3. The fourth-order valence-corrected chi connectivity index (χ4v) is 2.56. The lowest BCUT2D eigenvalue weighted by Gasteiger charge is -2.22. The zero-order valence-electron chi connectivity index (χ0n) is 11.9. The molecule has 4 heteroatoms. The fraction of sp³-hybridized carbons (Fsp3) is 0.933. The summed E-state index contributed by atoms with van der Waals surface area (Å²) in [7, 11) is 0. The summed E-state index contributed by atoms with van der Waals surface area (Å²) in [5.41, 5.74) is 0. The van der Waals surface area contributed by atoms with Gasteiger partial charge in [0.2, 0.25) is 0 Å². The van der Waals surface area contributed by atoms with E-state index in [1.165, 1.54) is 44.9 Å². The third kappa shape index (κ3) is 6.28. The molecule has 2 aliphatic heterocycles. The van der Waals surface area contributed by atoms with Crippen LogP contribution in [0.4, 0.5) is 4.79 Å². The molecule has 2 fully saturated rings. The van der Waals surface area contributed by atoms with Crippen molar-refractivity contribution in [3.05, 3.63) is 0 Å². The molecule has 110 valence electrons. The lowest BCUT2D eigenvalue weighted by Crippen LogP contribution is -2.34. The Morgan fingerprint density at radius 1 is 0.947 bits per heavy atom. The summed E-state index contributed by atoms with van der Waals surface area (Å²) in [6.45, 7) is 2.87. The average molecular weight is 269 g/mol. The van der Waals surface area contributed by atoms with Crippen molar-refractivity contribution >= 4 is 6.09 Å². The van der Waals surface area contributed by atoms with Gasteiger partial charge in [-0.15, -0.1) is 0 Å². The molecule has 1 unspecified atom stereocenters. The van der Waals surface area contributed by atoms with Gasteiger partial charge >= 0.3 is 6.09 Å². The topological polar surface area (TPSA) is 42.1 Å². The maximum absolute atomic E-state index is 12.0. The number of carbonyl (C=O) groups excluding carboxylic acids is 1. The summed E-state index contributed by atoms with van der Waals surface area (Å²) in [6, 6.07) is 0. The monoisotopic (exact) mass is 269 g/mol. The molecule has 0 bridgehead atoms. The normalized spacial score (nSPS) is 26.1. The molecule has 4 nitrogen and oxygen atoms in total. The Hall–Kier alpha value is -0.770. The number of carbonyl (C=O) groups is 1. The molecule has 2 heterocycles. The molecule has 0 aliphatic carbocycles. The minimum Gasteiger partial charge on any atom is -0.447 e. The molecule has 0 spiro atoms. The first-order valence-electron chi connectivity index (χ1n) is 7.89. The summed E-state index contributed by atoms with van der Waals surface area (Å²) in [5, 5.41) is 0. The Morgan fingerprint density at radius 3 is 1.89 bits per heavy atom. The van der Waals surface area contributed by atoms with E-state index in [-0.39, 0.29) is 12.2 Å². The predicted octanol–water partition coefficient (Wildman–Crippen LogP) is 3.35. The van der Waals surface area contributed by atoms with E-state index >= 15 is 0 Å². The Morgan fingerprint density at radius 2 is 1.42 bits per heavy atom. The van der Waals surface area contributed by atoms with E-state index in [1.54, 1.807) is 0 Å². The van der Waals surface area contributed by atoms with Gasteiger partial charge in [0.05, 0.1) is 6.61 Å². The van der Waals surface area contributed by atoms with Crippen LogP contribution >= 0.6 is 0 Å². The number of rotatable bonds is 2. The van der Waals surface area contributed by atoms with Gasteiger partial charge in [0.1, 0.15) is 12.7 Å². The molecule has 2 rings (SSSR count). The van der Waals surface area contributed by atoms with Crippen LogP contribution in [-0.2, 0) is 9.47 Å². The van der Waals surface area contributed by atoms with Crippen molar-refractivity contribution in [3.63, 3.8) is 0 Å². The largest absolute Gasteiger partial charge is 0.447 e. The van der Waals surface area contributed by atoms with Gasteiger partial charge in [-0.3, -0.25) is 0 Å². The van der Waals surface area contributed by atoms with Crippen molar-refractivity contribution in [3.8, 4) is 0 Å². The van der Waals surface area contributed by atoms with Crippen LogP contribution in [0.1, 0.15) is 57.8 Å². The molecular weight excluding hydrogens is 242 g/mol. The quantitative estimate of drug-likeness (QED) is 0.722. The molecule has 0 saturated carbocycles. The smallest absolute Gasteiger partial charge is 0.409 e. The van der Waals surface area contributed by atoms with Crippen molar-refractivity contribution in [1.82, 2.24) is 4.90 Å². The van der Waals surface area contributed by atoms with Crippen molar-refractivity contribution < 1.29 is 14.3 Å². The van der Waals surface area contributed by atoms with E-state index in [9.17, 15) is 4.79 Å². The maximum Gasteiger partial charge on any atom is 0.409 e. The van der Waals surface area contributed by atoms with E-state index in [1.807, 2.05) is 4.90 Å². The summed E-state index contributed by atoms with van der Waals surface area (Å²) in [5.74, 6) is 0. The van der Waals surface area contributed by atoms with Crippen molar-refractivity contribution in [1.29, 1.82) is 0 Å². The van der Waals surface area contributed by atoms with Crippen molar-refractivity contribution in [2.45, 2.75) is 63.9 Å². The van der Waals surface area contributed by atoms with Gasteiger partial charge < -0.3 is 14.4 Å². The second kappa shape index (κ2) is 8.41. The Bertz CT molecular complexity index is 254. The van der Waals surface area contributed by atoms with Crippen LogP contribution in [0.2, 0.25) is 0 Å². The van der Waals surface area contributed by atoms with Gasteiger partial charge in [0.15, 0.2) is 0 Å². The Kier molecular flexibility index (Phi) is 6.48. The van der Waals surface area contributed by atoms with E-state index in [0.717, 1.165) is 32.5 Å². The summed E-state index contributed by atoms with van der Waals surface area (Å²) in [4.78, 5) is 13.9. The second-order valence-corrected chi connectivity index (χ2v) is 5.70. The standard InChI is InChI=1S/C15H27NO3/c17-15(19-13-14-12-18-14)16-10-8-6-4-2-1-3-5-7-9-11-16/h14H,1-13H2. The van der Waals surface area contributed by atoms with E-state index in [0.29, 0.717) is 6.61 Å². The summed E-state index contributed by atoms with van der Waals surface area (Å²) < 4.78 is 10.4. The molecular formula is C15H27NO3. The van der Waals surface area contributed by atoms with E-state index < -0.39 is 0 Å². The highest BCUT2D eigenvalue weighted by atomic mass is 16.6.